The van der Waals surface area contributed by atoms with Crippen LogP contribution in [0.3, 0.4) is 0 Å². The zero-order valence-corrected chi connectivity index (χ0v) is 26.5. The number of nitrogens with zero attached hydrogens (tertiary/aromatic N) is 4. The Bertz CT molecular complexity index is 1730. The fourth-order valence-electron chi connectivity index (χ4n) is 6.37. The highest BCUT2D eigenvalue weighted by atomic mass is 35.5. The number of rotatable bonds is 7. The van der Waals surface area contributed by atoms with Gasteiger partial charge in [0.15, 0.2) is 0 Å². The van der Waals surface area contributed by atoms with Gasteiger partial charge in [-0.2, -0.15) is 0 Å². The van der Waals surface area contributed by atoms with Crippen LogP contribution in [-0.2, 0) is 20.9 Å². The van der Waals surface area contributed by atoms with Gasteiger partial charge in [-0.3, -0.25) is 29.2 Å². The van der Waals surface area contributed by atoms with Gasteiger partial charge in [0.05, 0.1) is 28.5 Å². The van der Waals surface area contributed by atoms with E-state index < -0.39 is 23.8 Å². The van der Waals surface area contributed by atoms with Gasteiger partial charge in [-0.25, -0.2) is 4.79 Å². The predicted octanol–water partition coefficient (Wildman–Crippen LogP) is 4.13. The number of nitrogens with one attached hydrogen (secondary N) is 2. The number of benzene rings is 2. The third-order valence-electron chi connectivity index (χ3n) is 8.72. The van der Waals surface area contributed by atoms with Crippen LogP contribution in [0.4, 0.5) is 10.5 Å². The average molecular weight is 652 g/mol. The molecule has 3 aliphatic heterocycles. The molecule has 3 aliphatic rings. The summed E-state index contributed by atoms with van der Waals surface area (Å²) in [5.74, 6) is -1.40. The zero-order chi connectivity index (χ0) is 32.0. The third kappa shape index (κ3) is 5.71. The zero-order valence-electron chi connectivity index (χ0n) is 25.0. The molecule has 5 amide bonds. The van der Waals surface area contributed by atoms with Gasteiger partial charge in [-0.1, -0.05) is 47.5 Å². The molecule has 2 N–H and O–H groups in total. The summed E-state index contributed by atoms with van der Waals surface area (Å²) < 4.78 is 5.74. The molecule has 1 atom stereocenters. The van der Waals surface area contributed by atoms with Crippen molar-refractivity contribution in [2.24, 2.45) is 11.3 Å². The van der Waals surface area contributed by atoms with Crippen LogP contribution < -0.4 is 15.4 Å². The van der Waals surface area contributed by atoms with E-state index in [9.17, 15) is 19.2 Å². The summed E-state index contributed by atoms with van der Waals surface area (Å²) in [7, 11) is 4.50. The Morgan fingerprint density at radius 3 is 2.56 bits per heavy atom. The van der Waals surface area contributed by atoms with Crippen LogP contribution in [0, 0.1) is 11.3 Å². The van der Waals surface area contributed by atoms with Crippen molar-refractivity contribution >= 4 is 52.6 Å². The fourth-order valence-corrected chi connectivity index (χ4v) is 6.97. The maximum atomic E-state index is 13.1. The molecule has 0 saturated carbocycles. The van der Waals surface area contributed by atoms with E-state index in [1.54, 1.807) is 37.6 Å². The van der Waals surface area contributed by atoms with Crippen molar-refractivity contribution in [3.05, 3.63) is 64.3 Å². The number of carbonyl (C=O) groups is 4. The number of halogens is 2. The van der Waals surface area contributed by atoms with Crippen LogP contribution in [-0.4, -0.2) is 90.8 Å². The highest BCUT2D eigenvalue weighted by Gasteiger charge is 2.48. The number of hydrogen-bond acceptors (Lipinski definition) is 7. The summed E-state index contributed by atoms with van der Waals surface area (Å²) in [6, 6.07) is 12.3. The molecular formula is C32H32Cl2N6O5. The number of hydrogen-bond donors (Lipinski definition) is 2. The van der Waals surface area contributed by atoms with Gasteiger partial charge in [0.1, 0.15) is 11.7 Å². The van der Waals surface area contributed by atoms with E-state index in [-0.39, 0.29) is 22.9 Å². The Labute approximate surface area is 270 Å². The van der Waals surface area contributed by atoms with E-state index in [1.807, 2.05) is 18.2 Å². The summed E-state index contributed by atoms with van der Waals surface area (Å²) in [5, 5.41) is 6.30. The van der Waals surface area contributed by atoms with Crippen LogP contribution in [0.15, 0.2) is 48.7 Å². The summed E-state index contributed by atoms with van der Waals surface area (Å²) in [6.07, 6.45) is 2.22. The fraction of sp³-hybridized carbons (Fsp3) is 0.344. The van der Waals surface area contributed by atoms with Crippen molar-refractivity contribution in [3.63, 3.8) is 0 Å². The maximum Gasteiger partial charge on any atom is 0.326 e. The van der Waals surface area contributed by atoms with E-state index in [0.717, 1.165) is 35.7 Å². The van der Waals surface area contributed by atoms with Crippen LogP contribution in [0.1, 0.15) is 12.0 Å². The van der Waals surface area contributed by atoms with Crippen LogP contribution in [0.2, 0.25) is 10.0 Å². The van der Waals surface area contributed by atoms with Crippen LogP contribution in [0.5, 0.6) is 5.75 Å². The lowest BCUT2D eigenvalue weighted by Crippen LogP contribution is -2.56. The van der Waals surface area contributed by atoms with Crippen LogP contribution >= 0.6 is 23.2 Å². The molecule has 1 unspecified atom stereocenters. The molecule has 45 heavy (non-hydrogen) atoms. The number of methoxy groups -OCH3 is 1. The monoisotopic (exact) mass is 650 g/mol. The van der Waals surface area contributed by atoms with Gasteiger partial charge in [0.25, 0.3) is 0 Å². The Balaban J connectivity index is 1.22. The van der Waals surface area contributed by atoms with Crippen molar-refractivity contribution in [1.29, 1.82) is 0 Å². The van der Waals surface area contributed by atoms with E-state index in [1.165, 1.54) is 19.0 Å². The lowest BCUT2D eigenvalue weighted by atomic mass is 9.79. The summed E-state index contributed by atoms with van der Waals surface area (Å²) in [6.45, 7) is 3.11. The van der Waals surface area contributed by atoms with Crippen molar-refractivity contribution in [2.45, 2.75) is 13.0 Å². The molecule has 3 aromatic rings. The highest BCUT2D eigenvalue weighted by molar-refractivity contribution is 6.39. The number of pyridine rings is 1. The molecular weight excluding hydrogens is 619 g/mol. The molecule has 234 valence electrons. The molecule has 3 fully saturated rings. The largest absolute Gasteiger partial charge is 0.496 e. The lowest BCUT2D eigenvalue weighted by molar-refractivity contribution is -0.140. The molecule has 6 rings (SSSR count). The quantitative estimate of drug-likeness (QED) is 0.369. The molecule has 4 heterocycles. The van der Waals surface area contributed by atoms with Gasteiger partial charge in [-0.05, 0) is 18.2 Å². The first-order valence-corrected chi connectivity index (χ1v) is 15.2. The van der Waals surface area contributed by atoms with Crippen molar-refractivity contribution < 1.29 is 23.9 Å². The van der Waals surface area contributed by atoms with E-state index >= 15 is 0 Å². The molecule has 11 nitrogen and oxygen atoms in total. The standard InChI is InChI=1S/C32H32Cl2N6O5/c1-38-14-22(30(43)39(2)31(38)44)29(42)37-23-6-4-5-20(26(23)33)21-9-10-35-28(27(21)34)18-7-8-19(24(11-18)45-3)13-40-16-32(17-40)12-25(41)36-15-32/h4-11,22H,12-17H2,1-3H3,(H,36,41)(H,37,42). The minimum Gasteiger partial charge on any atom is -0.496 e. The average Bonchev–Trinajstić information content (AvgIpc) is 3.41. The Morgan fingerprint density at radius 2 is 1.84 bits per heavy atom. The molecule has 2 aromatic carbocycles. The molecule has 13 heteroatoms. The number of carbonyl (C=O) groups excluding carboxylic acids is 4. The Kier molecular flexibility index (Phi) is 8.19. The number of amides is 5. The van der Waals surface area contributed by atoms with Gasteiger partial charge >= 0.3 is 6.03 Å². The number of urea groups is 1. The van der Waals surface area contributed by atoms with E-state index in [2.05, 4.69) is 20.5 Å². The topological polar surface area (TPSA) is 124 Å². The smallest absolute Gasteiger partial charge is 0.326 e. The first-order valence-electron chi connectivity index (χ1n) is 14.4. The normalized spacial score (nSPS) is 19.5. The number of ether oxygens (including phenoxy) is 1. The van der Waals surface area contributed by atoms with Crippen LogP contribution in [0.25, 0.3) is 22.4 Å². The van der Waals surface area contributed by atoms with E-state index in [0.29, 0.717) is 46.2 Å². The second kappa shape index (κ2) is 12.0. The number of imide groups is 1. The van der Waals surface area contributed by atoms with Gasteiger partial charge in [0, 0.05) is 87.1 Å². The molecule has 3 saturated heterocycles. The van der Waals surface area contributed by atoms with Gasteiger partial charge in [0.2, 0.25) is 17.7 Å². The minimum atomic E-state index is -1.07. The Morgan fingerprint density at radius 1 is 1.09 bits per heavy atom. The summed E-state index contributed by atoms with van der Waals surface area (Å²) in [5.41, 5.74) is 3.84. The number of anilines is 1. The maximum absolute atomic E-state index is 13.1. The Hall–Kier alpha value is -4.19. The number of likely N-dealkylation sites (tertiary alicyclic amines) is 1. The van der Waals surface area contributed by atoms with Gasteiger partial charge in [-0.15, -0.1) is 0 Å². The van der Waals surface area contributed by atoms with Crippen molar-refractivity contribution in [1.82, 2.24) is 25.0 Å². The predicted molar refractivity (Wildman–Crippen MR) is 170 cm³/mol. The highest BCUT2D eigenvalue weighted by Crippen LogP contribution is 2.42. The summed E-state index contributed by atoms with van der Waals surface area (Å²) >= 11 is 13.7. The molecule has 0 radical (unpaired) electrons. The first-order chi connectivity index (χ1) is 21.5. The molecule has 0 aliphatic carbocycles. The second-order valence-corrected chi connectivity index (χ2v) is 12.7. The van der Waals surface area contributed by atoms with Crippen molar-refractivity contribution in [2.75, 3.05) is 52.7 Å². The molecule has 1 aromatic heterocycles. The number of aromatic nitrogens is 1. The van der Waals surface area contributed by atoms with Gasteiger partial charge < -0.3 is 20.3 Å². The SMILES string of the molecule is COc1cc(-c2nccc(-c3cccc(NC(=O)C4CN(C)C(=O)N(C)C4=O)c3Cl)c2Cl)ccc1CN1CC2(CNC(=O)C2)C1. The minimum absolute atomic E-state index is 0.0375. The lowest BCUT2D eigenvalue weighted by Gasteiger charge is -2.47. The third-order valence-corrected chi connectivity index (χ3v) is 9.51. The van der Waals surface area contributed by atoms with Crippen molar-refractivity contribution in [3.8, 4) is 28.1 Å². The van der Waals surface area contributed by atoms with E-state index in [4.69, 9.17) is 27.9 Å². The first kappa shape index (κ1) is 30.8. The second-order valence-electron chi connectivity index (χ2n) is 11.9. The summed E-state index contributed by atoms with van der Waals surface area (Å²) in [4.78, 5) is 58.6. The molecule has 0 bridgehead atoms. The molecule has 1 spiro atoms.